The minimum Gasteiger partial charge on any atom is -0.496 e. The maximum Gasteiger partial charge on any atom is 0.238 e. The van der Waals surface area contributed by atoms with Crippen LogP contribution in [-0.4, -0.2) is 38.9 Å². The van der Waals surface area contributed by atoms with Crippen molar-refractivity contribution in [3.8, 4) is 5.75 Å². The molecule has 1 aliphatic rings. The van der Waals surface area contributed by atoms with Crippen LogP contribution in [0.5, 0.6) is 5.75 Å². The maximum atomic E-state index is 12.3. The average molecular weight is 312 g/mol. The summed E-state index contributed by atoms with van der Waals surface area (Å²) in [7, 11) is -2.31. The Bertz CT molecular complexity index is 638. The van der Waals surface area contributed by atoms with Crippen LogP contribution in [0.15, 0.2) is 23.1 Å². The van der Waals surface area contributed by atoms with E-state index in [4.69, 9.17) is 9.88 Å². The first kappa shape index (κ1) is 15.8. The fourth-order valence-electron chi connectivity index (χ4n) is 2.36. The summed E-state index contributed by atoms with van der Waals surface area (Å²) in [6.07, 6.45) is 2.18. The van der Waals surface area contributed by atoms with Crippen LogP contribution in [-0.2, 0) is 21.2 Å². The highest BCUT2D eigenvalue weighted by molar-refractivity contribution is 7.89. The van der Waals surface area contributed by atoms with Crippen LogP contribution in [0.4, 0.5) is 0 Å². The highest BCUT2D eigenvalue weighted by Crippen LogP contribution is 2.28. The van der Waals surface area contributed by atoms with Gasteiger partial charge in [-0.2, -0.15) is 0 Å². The molecular weight excluding hydrogens is 292 g/mol. The summed E-state index contributed by atoms with van der Waals surface area (Å²) < 4.78 is 28.0. The summed E-state index contributed by atoms with van der Waals surface area (Å²) in [6.45, 7) is 2.59. The van der Waals surface area contributed by atoms with Gasteiger partial charge >= 0.3 is 0 Å². The highest BCUT2D eigenvalue weighted by Gasteiger charge is 2.31. The zero-order chi connectivity index (χ0) is 15.6. The van der Waals surface area contributed by atoms with Crippen molar-refractivity contribution in [2.45, 2.75) is 37.1 Å². The molecule has 1 amide bonds. The summed E-state index contributed by atoms with van der Waals surface area (Å²) in [5, 5.41) is 5.13. The fourth-order valence-corrected chi connectivity index (χ4v) is 2.92. The van der Waals surface area contributed by atoms with Gasteiger partial charge < -0.3 is 9.64 Å². The molecule has 0 bridgehead atoms. The van der Waals surface area contributed by atoms with Crippen molar-refractivity contribution in [1.82, 2.24) is 4.90 Å². The predicted octanol–water partition coefficient (Wildman–Crippen LogP) is 0.896. The van der Waals surface area contributed by atoms with E-state index in [9.17, 15) is 13.2 Å². The van der Waals surface area contributed by atoms with Gasteiger partial charge in [-0.1, -0.05) is 0 Å². The molecule has 0 unspecified atom stereocenters. The Balaban J connectivity index is 2.26. The van der Waals surface area contributed by atoms with Gasteiger partial charge in [-0.3, -0.25) is 4.79 Å². The number of primary sulfonamides is 1. The summed E-state index contributed by atoms with van der Waals surface area (Å²) in [4.78, 5) is 14.2. The number of methoxy groups -OCH3 is 1. The van der Waals surface area contributed by atoms with Crippen molar-refractivity contribution in [2.75, 3.05) is 13.7 Å². The third-order valence-electron chi connectivity index (χ3n) is 3.57. The molecule has 1 aromatic rings. The van der Waals surface area contributed by atoms with Crippen LogP contribution in [0.2, 0.25) is 0 Å². The smallest absolute Gasteiger partial charge is 0.238 e. The Morgan fingerprint density at radius 3 is 2.57 bits per heavy atom. The summed E-state index contributed by atoms with van der Waals surface area (Å²) in [5.74, 6) is 0.465. The minimum atomic E-state index is -3.80. The third-order valence-corrected chi connectivity index (χ3v) is 4.48. The van der Waals surface area contributed by atoms with Gasteiger partial charge in [0.05, 0.1) is 18.4 Å². The van der Waals surface area contributed by atoms with E-state index < -0.39 is 10.0 Å². The lowest BCUT2D eigenvalue weighted by Crippen LogP contribution is -2.34. The molecule has 0 saturated heterocycles. The van der Waals surface area contributed by atoms with E-state index in [0.29, 0.717) is 23.9 Å². The molecular formula is C14H20N2O4S. The molecule has 0 aromatic heterocycles. The van der Waals surface area contributed by atoms with Gasteiger partial charge in [0.25, 0.3) is 0 Å². The lowest BCUT2D eigenvalue weighted by molar-refractivity contribution is -0.130. The Morgan fingerprint density at radius 2 is 2.10 bits per heavy atom. The number of hydrogen-bond donors (Lipinski definition) is 1. The molecule has 2 N–H and O–H groups in total. The van der Waals surface area contributed by atoms with Gasteiger partial charge in [0.15, 0.2) is 0 Å². The molecule has 0 atom stereocenters. The van der Waals surface area contributed by atoms with Crippen LogP contribution < -0.4 is 9.88 Å². The van der Waals surface area contributed by atoms with Crippen LogP contribution in [0.1, 0.15) is 25.3 Å². The van der Waals surface area contributed by atoms with E-state index in [0.717, 1.165) is 12.8 Å². The number of benzene rings is 1. The lowest BCUT2D eigenvalue weighted by atomic mass is 10.1. The monoisotopic (exact) mass is 312 g/mol. The number of amides is 1. The topological polar surface area (TPSA) is 89.7 Å². The van der Waals surface area contributed by atoms with Crippen molar-refractivity contribution < 1.29 is 17.9 Å². The van der Waals surface area contributed by atoms with Crippen molar-refractivity contribution in [1.29, 1.82) is 0 Å². The molecule has 7 heteroatoms. The minimum absolute atomic E-state index is 0.0134. The predicted molar refractivity (Wildman–Crippen MR) is 78.5 cm³/mol. The highest BCUT2D eigenvalue weighted by atomic mass is 32.2. The number of nitrogens with zero attached hydrogens (tertiary/aromatic N) is 1. The third kappa shape index (κ3) is 3.74. The molecule has 0 spiro atoms. The Labute approximate surface area is 124 Å². The maximum absolute atomic E-state index is 12.3. The second kappa shape index (κ2) is 6.03. The Morgan fingerprint density at radius 1 is 1.43 bits per heavy atom. The molecule has 1 saturated carbocycles. The second-order valence-electron chi connectivity index (χ2n) is 5.11. The quantitative estimate of drug-likeness (QED) is 0.845. The summed E-state index contributed by atoms with van der Waals surface area (Å²) >= 11 is 0. The number of carbonyl (C=O) groups is 1. The molecule has 116 valence electrons. The van der Waals surface area contributed by atoms with E-state index in [1.54, 1.807) is 0 Å². The zero-order valence-electron chi connectivity index (χ0n) is 12.2. The summed E-state index contributed by atoms with van der Waals surface area (Å²) in [6, 6.07) is 4.64. The largest absolute Gasteiger partial charge is 0.496 e. The number of hydrogen-bond acceptors (Lipinski definition) is 4. The van der Waals surface area contributed by atoms with Crippen LogP contribution in [0.25, 0.3) is 0 Å². The van der Waals surface area contributed by atoms with Gasteiger partial charge in [-0.15, -0.1) is 0 Å². The lowest BCUT2D eigenvalue weighted by Gasteiger charge is -2.21. The molecule has 2 rings (SSSR count). The number of rotatable bonds is 6. The summed E-state index contributed by atoms with van der Waals surface area (Å²) in [5.41, 5.74) is 0.535. The van der Waals surface area contributed by atoms with Crippen molar-refractivity contribution >= 4 is 15.9 Å². The second-order valence-corrected chi connectivity index (χ2v) is 6.67. The molecule has 6 nitrogen and oxygen atoms in total. The van der Waals surface area contributed by atoms with E-state index in [1.807, 2.05) is 11.8 Å². The first-order valence-electron chi connectivity index (χ1n) is 6.86. The van der Waals surface area contributed by atoms with Crippen molar-refractivity contribution in [3.05, 3.63) is 23.8 Å². The van der Waals surface area contributed by atoms with Gasteiger partial charge in [-0.05, 0) is 38.0 Å². The van der Waals surface area contributed by atoms with Gasteiger partial charge in [0, 0.05) is 18.2 Å². The molecule has 1 fully saturated rings. The Kier molecular flexibility index (Phi) is 4.53. The standard InChI is InChI=1S/C14H20N2O4S/c1-3-16(11-4-5-11)14(17)9-10-8-12(21(15,18)19)6-7-13(10)20-2/h6-8,11H,3-5,9H2,1-2H3,(H2,15,18,19). The molecule has 0 heterocycles. The first-order chi connectivity index (χ1) is 9.86. The molecule has 1 aliphatic carbocycles. The number of likely N-dealkylation sites (N-methyl/N-ethyl adjacent to an activating group) is 1. The first-order valence-corrected chi connectivity index (χ1v) is 8.40. The molecule has 0 aliphatic heterocycles. The van der Waals surface area contributed by atoms with E-state index in [-0.39, 0.29) is 17.2 Å². The number of carbonyl (C=O) groups excluding carboxylic acids is 1. The zero-order valence-corrected chi connectivity index (χ0v) is 13.0. The molecule has 0 radical (unpaired) electrons. The van der Waals surface area contributed by atoms with Gasteiger partial charge in [0.1, 0.15) is 5.75 Å². The SMILES string of the molecule is CCN(C(=O)Cc1cc(S(N)(=O)=O)ccc1OC)C1CC1. The van der Waals surface area contributed by atoms with Crippen LogP contribution in [0.3, 0.4) is 0 Å². The van der Waals surface area contributed by atoms with E-state index in [1.165, 1.54) is 25.3 Å². The van der Waals surface area contributed by atoms with Crippen molar-refractivity contribution in [2.24, 2.45) is 5.14 Å². The Hall–Kier alpha value is -1.60. The van der Waals surface area contributed by atoms with Crippen LogP contribution >= 0.6 is 0 Å². The number of nitrogens with two attached hydrogens (primary N) is 1. The van der Waals surface area contributed by atoms with E-state index in [2.05, 4.69) is 0 Å². The average Bonchev–Trinajstić information content (AvgIpc) is 3.23. The molecule has 21 heavy (non-hydrogen) atoms. The van der Waals surface area contributed by atoms with E-state index >= 15 is 0 Å². The van der Waals surface area contributed by atoms with Crippen LogP contribution in [0, 0.1) is 0 Å². The fraction of sp³-hybridized carbons (Fsp3) is 0.500. The number of ether oxygens (including phenoxy) is 1. The molecule has 1 aromatic carbocycles. The number of sulfonamides is 1. The van der Waals surface area contributed by atoms with Gasteiger partial charge in [0.2, 0.25) is 15.9 Å². The van der Waals surface area contributed by atoms with Gasteiger partial charge in [-0.25, -0.2) is 13.6 Å². The normalized spacial score (nSPS) is 14.8. The van der Waals surface area contributed by atoms with Crippen molar-refractivity contribution in [3.63, 3.8) is 0 Å².